The van der Waals surface area contributed by atoms with E-state index in [1.54, 1.807) is 41.2 Å². The Balaban J connectivity index is 1.16. The number of halogens is 1. The Bertz CT molecular complexity index is 1710. The number of fused-ring (bicyclic) bond motifs is 1. The lowest BCUT2D eigenvalue weighted by Crippen LogP contribution is -2.59. The van der Waals surface area contributed by atoms with Crippen LogP contribution in [0.4, 0.5) is 10.2 Å². The molecule has 4 aromatic heterocycles. The first-order valence-corrected chi connectivity index (χ1v) is 13.8. The fraction of sp³-hybridized carbons (Fsp3) is 0.393. The van der Waals surface area contributed by atoms with E-state index in [-0.39, 0.29) is 34.7 Å². The summed E-state index contributed by atoms with van der Waals surface area (Å²) < 4.78 is 21.9. The summed E-state index contributed by atoms with van der Waals surface area (Å²) in [6.45, 7) is 4.76. The zero-order valence-electron chi connectivity index (χ0n) is 22.9. The maximum absolute atomic E-state index is 15.1. The Labute approximate surface area is 239 Å². The number of morpholine rings is 1. The minimum atomic E-state index is -0.783. The van der Waals surface area contributed by atoms with Gasteiger partial charge >= 0.3 is 0 Å². The molecule has 42 heavy (non-hydrogen) atoms. The van der Waals surface area contributed by atoms with Crippen LogP contribution < -0.4 is 4.90 Å². The molecule has 2 amide bonds. The third-order valence-electron chi connectivity index (χ3n) is 8.35. The summed E-state index contributed by atoms with van der Waals surface area (Å²) in [5, 5.41) is 7.69. The quantitative estimate of drug-likeness (QED) is 0.278. The van der Waals surface area contributed by atoms with Gasteiger partial charge in [-0.1, -0.05) is 5.21 Å². The van der Waals surface area contributed by atoms with Crippen molar-refractivity contribution in [3.63, 3.8) is 0 Å². The number of nitrogens with zero attached hydrogens (tertiary/aromatic N) is 8. The smallest absolute Gasteiger partial charge is 0.295 e. The normalized spacial score (nSPS) is 18.1. The lowest BCUT2D eigenvalue weighted by atomic mass is 10.0. The molecule has 3 aliphatic rings. The second-order valence-corrected chi connectivity index (χ2v) is 10.9. The lowest BCUT2D eigenvalue weighted by molar-refractivity contribution is -0.130. The van der Waals surface area contributed by atoms with E-state index in [9.17, 15) is 14.4 Å². The number of aromatic nitrogens is 6. The third kappa shape index (κ3) is 4.21. The largest absolute Gasteiger partial charge is 0.378 e. The summed E-state index contributed by atoms with van der Waals surface area (Å²) in [5.74, 6) is -1.44. The van der Waals surface area contributed by atoms with Crippen LogP contribution in [0.25, 0.3) is 16.7 Å². The van der Waals surface area contributed by atoms with Gasteiger partial charge in [0.1, 0.15) is 5.82 Å². The fourth-order valence-corrected chi connectivity index (χ4v) is 6.09. The van der Waals surface area contributed by atoms with Crippen LogP contribution >= 0.6 is 0 Å². The minimum Gasteiger partial charge on any atom is -0.378 e. The number of ketones is 1. The summed E-state index contributed by atoms with van der Waals surface area (Å²) in [7, 11) is 0. The van der Waals surface area contributed by atoms with Crippen LogP contribution in [0.3, 0.4) is 0 Å². The average molecular weight is 574 g/mol. The molecule has 13 nitrogen and oxygen atoms in total. The van der Waals surface area contributed by atoms with Crippen LogP contribution in [-0.2, 0) is 9.53 Å². The van der Waals surface area contributed by atoms with Crippen LogP contribution in [0.1, 0.15) is 39.3 Å². The molecule has 0 bridgehead atoms. The number of aryl methyl sites for hydroxylation is 1. The number of aromatic amines is 1. The molecule has 7 rings (SSSR count). The van der Waals surface area contributed by atoms with Crippen molar-refractivity contribution in [2.24, 2.45) is 0 Å². The van der Waals surface area contributed by atoms with E-state index in [1.807, 2.05) is 4.90 Å². The monoisotopic (exact) mass is 573 g/mol. The predicted molar refractivity (Wildman–Crippen MR) is 147 cm³/mol. The zero-order valence-corrected chi connectivity index (χ0v) is 22.9. The molecule has 0 unspecified atom stereocenters. The number of Topliss-reactive ketones (excluding diaryl/α,β-unsaturated/α-hetero) is 1. The van der Waals surface area contributed by atoms with Crippen molar-refractivity contribution in [3.05, 3.63) is 59.6 Å². The van der Waals surface area contributed by atoms with Crippen LogP contribution in [0.5, 0.6) is 0 Å². The highest BCUT2D eigenvalue weighted by Crippen LogP contribution is 2.46. The van der Waals surface area contributed by atoms with Crippen molar-refractivity contribution in [2.45, 2.75) is 25.3 Å². The summed E-state index contributed by atoms with van der Waals surface area (Å²) in [4.78, 5) is 58.0. The number of H-pyrrole nitrogens is 1. The average Bonchev–Trinajstić information content (AvgIpc) is 3.39. The van der Waals surface area contributed by atoms with E-state index in [0.29, 0.717) is 69.3 Å². The molecule has 2 aliphatic heterocycles. The van der Waals surface area contributed by atoms with E-state index in [4.69, 9.17) is 4.74 Å². The summed E-state index contributed by atoms with van der Waals surface area (Å²) in [6.07, 6.45) is 7.11. The fourth-order valence-electron chi connectivity index (χ4n) is 6.09. The van der Waals surface area contributed by atoms with Crippen LogP contribution in [0.15, 0.2) is 36.9 Å². The van der Waals surface area contributed by atoms with Gasteiger partial charge < -0.3 is 24.4 Å². The third-order valence-corrected chi connectivity index (χ3v) is 8.35. The molecule has 1 spiro atoms. The Kier molecular flexibility index (Phi) is 6.22. The predicted octanol–water partition coefficient (Wildman–Crippen LogP) is 1.52. The van der Waals surface area contributed by atoms with Crippen LogP contribution in [0.2, 0.25) is 0 Å². The highest BCUT2D eigenvalue weighted by molar-refractivity contribution is 6.45. The molecule has 1 N–H and O–H groups in total. The Hall–Kier alpha value is -4.72. The first-order chi connectivity index (χ1) is 20.4. The standard InChI is InChI=1S/C28H28FN9O4/c1-17-20(21-19(29)15-31-25(22(21)33-17)38-8-7-32-34-38)23(39)27(41)37-10-9-36(16-28(37)4-5-28)24-18(3-2-6-30-24)26(40)35-11-13-42-14-12-35/h2-3,6-8,15,33H,4-5,9-14,16H2,1H3. The van der Waals surface area contributed by atoms with Crippen molar-refractivity contribution < 1.29 is 23.5 Å². The Morgan fingerprint density at radius 3 is 2.60 bits per heavy atom. The van der Waals surface area contributed by atoms with Crippen molar-refractivity contribution in [3.8, 4) is 5.82 Å². The van der Waals surface area contributed by atoms with Gasteiger partial charge in [-0.15, -0.1) is 5.10 Å². The van der Waals surface area contributed by atoms with Gasteiger partial charge in [-0.05, 0) is 31.9 Å². The molecule has 0 radical (unpaired) electrons. The second-order valence-electron chi connectivity index (χ2n) is 10.9. The molecule has 1 saturated carbocycles. The van der Waals surface area contributed by atoms with Gasteiger partial charge in [0.05, 0.1) is 59.4 Å². The van der Waals surface area contributed by atoms with Gasteiger partial charge in [-0.2, -0.15) is 0 Å². The molecule has 216 valence electrons. The summed E-state index contributed by atoms with van der Waals surface area (Å²) in [5.41, 5.74) is 0.547. The summed E-state index contributed by atoms with van der Waals surface area (Å²) in [6, 6.07) is 3.52. The number of rotatable bonds is 5. The number of carbonyl (C=O) groups is 3. The molecule has 6 heterocycles. The highest BCUT2D eigenvalue weighted by atomic mass is 19.1. The number of carbonyl (C=O) groups excluding carboxylic acids is 3. The van der Waals surface area contributed by atoms with Crippen LogP contribution in [0, 0.1) is 12.7 Å². The molecule has 2 saturated heterocycles. The first kappa shape index (κ1) is 26.2. The van der Waals surface area contributed by atoms with Gasteiger partial charge in [-0.3, -0.25) is 14.4 Å². The molecule has 0 aromatic carbocycles. The van der Waals surface area contributed by atoms with Gasteiger partial charge in [0.25, 0.3) is 17.6 Å². The number of hydrogen-bond donors (Lipinski definition) is 1. The number of hydrogen-bond acceptors (Lipinski definition) is 9. The van der Waals surface area contributed by atoms with Crippen molar-refractivity contribution in [1.29, 1.82) is 0 Å². The maximum Gasteiger partial charge on any atom is 0.295 e. The van der Waals surface area contributed by atoms with Crippen molar-refractivity contribution in [2.75, 3.05) is 50.8 Å². The number of nitrogens with one attached hydrogen (secondary N) is 1. The molecular formula is C28H28FN9O4. The van der Waals surface area contributed by atoms with E-state index in [0.717, 1.165) is 6.20 Å². The number of piperazine rings is 1. The van der Waals surface area contributed by atoms with Crippen molar-refractivity contribution in [1.82, 2.24) is 39.7 Å². The zero-order chi connectivity index (χ0) is 29.0. The number of pyridine rings is 2. The number of ether oxygens (including phenoxy) is 1. The SMILES string of the molecule is Cc1[nH]c2c(-n3ccnn3)ncc(F)c2c1C(=O)C(=O)N1CCN(c2ncccc2C(=O)N2CCOCC2)CC12CC2. The highest BCUT2D eigenvalue weighted by Gasteiger charge is 2.55. The molecule has 1 aliphatic carbocycles. The number of amides is 2. The Morgan fingerprint density at radius 2 is 1.86 bits per heavy atom. The van der Waals surface area contributed by atoms with Gasteiger partial charge in [-0.25, -0.2) is 19.0 Å². The first-order valence-electron chi connectivity index (χ1n) is 13.8. The van der Waals surface area contributed by atoms with Gasteiger partial charge in [0.2, 0.25) is 0 Å². The second kappa shape index (κ2) is 9.98. The van der Waals surface area contributed by atoms with E-state index in [1.165, 1.54) is 10.9 Å². The Morgan fingerprint density at radius 1 is 1.05 bits per heavy atom. The molecule has 4 aromatic rings. The molecular weight excluding hydrogens is 545 g/mol. The van der Waals surface area contributed by atoms with E-state index >= 15 is 4.39 Å². The molecule has 14 heteroatoms. The minimum absolute atomic E-state index is 0.00501. The molecule has 0 atom stereocenters. The summed E-state index contributed by atoms with van der Waals surface area (Å²) >= 11 is 0. The molecule has 3 fully saturated rings. The number of anilines is 1. The van der Waals surface area contributed by atoms with E-state index < -0.39 is 23.0 Å². The van der Waals surface area contributed by atoms with Gasteiger partial charge in [0, 0.05) is 44.6 Å². The maximum atomic E-state index is 15.1. The van der Waals surface area contributed by atoms with Crippen molar-refractivity contribution >= 4 is 34.3 Å². The van der Waals surface area contributed by atoms with Crippen LogP contribution in [-0.4, -0.2) is 109 Å². The lowest BCUT2D eigenvalue weighted by Gasteiger charge is -2.43. The van der Waals surface area contributed by atoms with E-state index in [2.05, 4.69) is 25.3 Å². The topological polar surface area (TPSA) is 142 Å². The van der Waals surface area contributed by atoms with Gasteiger partial charge in [0.15, 0.2) is 11.6 Å².